The van der Waals surface area contributed by atoms with E-state index in [1.807, 2.05) is 31.2 Å². The summed E-state index contributed by atoms with van der Waals surface area (Å²) in [6, 6.07) is 7.62. The van der Waals surface area contributed by atoms with Crippen molar-refractivity contribution in [2.45, 2.75) is 6.92 Å². The summed E-state index contributed by atoms with van der Waals surface area (Å²) in [6.07, 6.45) is 0. The van der Waals surface area contributed by atoms with Crippen LogP contribution in [-0.2, 0) is 4.79 Å². The zero-order chi connectivity index (χ0) is 11.7. The minimum atomic E-state index is -0.313. The van der Waals surface area contributed by atoms with Crippen LogP contribution in [0.1, 0.15) is 12.5 Å². The highest BCUT2D eigenvalue weighted by molar-refractivity contribution is 9.10. The number of carbonyl (C=O) groups excluding carboxylic acids is 2. The average Bonchev–Trinajstić information content (AvgIpc) is 2.57. The zero-order valence-electron chi connectivity index (χ0n) is 8.41. The molecule has 0 spiro atoms. The van der Waals surface area contributed by atoms with E-state index in [1.54, 1.807) is 0 Å². The molecular formula is C11H8BrNO2S. The van der Waals surface area contributed by atoms with Crippen LogP contribution in [0.3, 0.4) is 0 Å². The number of carbonyl (C=O) groups is 2. The van der Waals surface area contributed by atoms with E-state index in [1.165, 1.54) is 0 Å². The first-order valence-corrected chi connectivity index (χ1v) is 6.19. The Morgan fingerprint density at radius 3 is 2.69 bits per heavy atom. The molecule has 0 aliphatic carbocycles. The van der Waals surface area contributed by atoms with Gasteiger partial charge in [0.15, 0.2) is 0 Å². The highest BCUT2D eigenvalue weighted by atomic mass is 79.9. The fourth-order valence-corrected chi connectivity index (χ4v) is 2.56. The van der Waals surface area contributed by atoms with Crippen molar-refractivity contribution >= 4 is 44.4 Å². The average molecular weight is 298 g/mol. The van der Waals surface area contributed by atoms with E-state index in [0.29, 0.717) is 4.91 Å². The van der Waals surface area contributed by atoms with Crippen LogP contribution in [0.4, 0.5) is 4.79 Å². The van der Waals surface area contributed by atoms with E-state index in [4.69, 9.17) is 0 Å². The lowest BCUT2D eigenvalue weighted by atomic mass is 10.1. The smallest absolute Gasteiger partial charge is 0.282 e. The molecule has 0 atom stereocenters. The molecule has 1 heterocycles. The molecule has 0 unspecified atom stereocenters. The number of imide groups is 1. The lowest BCUT2D eigenvalue weighted by Gasteiger charge is -2.03. The van der Waals surface area contributed by atoms with E-state index in [0.717, 1.165) is 27.4 Å². The predicted molar refractivity (Wildman–Crippen MR) is 67.9 cm³/mol. The summed E-state index contributed by atoms with van der Waals surface area (Å²) >= 11 is 4.32. The third-order valence-corrected chi connectivity index (χ3v) is 3.69. The van der Waals surface area contributed by atoms with Gasteiger partial charge in [-0.05, 0) is 42.0 Å². The number of benzene rings is 1. The number of thioether (sulfide) groups is 1. The van der Waals surface area contributed by atoms with Crippen molar-refractivity contribution in [3.8, 4) is 0 Å². The second-order valence-corrected chi connectivity index (χ2v) is 5.21. The van der Waals surface area contributed by atoms with E-state index in [2.05, 4.69) is 21.2 Å². The van der Waals surface area contributed by atoms with Crippen molar-refractivity contribution in [3.63, 3.8) is 0 Å². The molecule has 2 rings (SSSR count). The van der Waals surface area contributed by atoms with E-state index in [-0.39, 0.29) is 11.1 Å². The summed E-state index contributed by atoms with van der Waals surface area (Å²) in [6.45, 7) is 1.84. The fraction of sp³-hybridized carbons (Fsp3) is 0.0909. The molecule has 82 valence electrons. The number of allylic oxidation sites excluding steroid dienone is 1. The van der Waals surface area contributed by atoms with Crippen LogP contribution in [-0.4, -0.2) is 11.1 Å². The normalized spacial score (nSPS) is 18.6. The molecule has 16 heavy (non-hydrogen) atoms. The molecule has 1 aliphatic rings. The topological polar surface area (TPSA) is 46.2 Å². The molecule has 3 nitrogen and oxygen atoms in total. The molecule has 1 N–H and O–H groups in total. The summed E-state index contributed by atoms with van der Waals surface area (Å²) in [4.78, 5) is 23.0. The van der Waals surface area contributed by atoms with Gasteiger partial charge in [-0.15, -0.1) is 0 Å². The predicted octanol–water partition coefficient (Wildman–Crippen LogP) is 3.16. The Kier molecular flexibility index (Phi) is 3.16. The summed E-state index contributed by atoms with van der Waals surface area (Å²) in [5.74, 6) is -0.313. The maximum atomic E-state index is 11.5. The van der Waals surface area contributed by atoms with Crippen LogP contribution in [0, 0.1) is 0 Å². The quantitative estimate of drug-likeness (QED) is 0.810. The van der Waals surface area contributed by atoms with E-state index < -0.39 is 0 Å². The Labute approximate surface area is 105 Å². The summed E-state index contributed by atoms with van der Waals surface area (Å²) < 4.78 is 0.944. The first-order chi connectivity index (χ1) is 7.58. The molecule has 0 radical (unpaired) electrons. The molecule has 1 aromatic rings. The van der Waals surface area contributed by atoms with Crippen molar-refractivity contribution in [1.82, 2.24) is 5.32 Å². The van der Waals surface area contributed by atoms with Gasteiger partial charge in [0.1, 0.15) is 0 Å². The van der Waals surface area contributed by atoms with E-state index in [9.17, 15) is 9.59 Å². The van der Waals surface area contributed by atoms with Gasteiger partial charge < -0.3 is 0 Å². The number of halogens is 1. The number of amides is 2. The minimum Gasteiger partial charge on any atom is -0.282 e. The van der Waals surface area contributed by atoms with Gasteiger partial charge in [0, 0.05) is 4.47 Å². The van der Waals surface area contributed by atoms with Crippen LogP contribution >= 0.6 is 27.7 Å². The minimum absolute atomic E-state index is 0.311. The van der Waals surface area contributed by atoms with Gasteiger partial charge in [-0.1, -0.05) is 28.1 Å². The van der Waals surface area contributed by atoms with Gasteiger partial charge in [-0.25, -0.2) is 0 Å². The molecule has 0 aromatic heterocycles. The number of hydrogen-bond acceptors (Lipinski definition) is 3. The first-order valence-electron chi connectivity index (χ1n) is 4.58. The maximum Gasteiger partial charge on any atom is 0.290 e. The Morgan fingerprint density at radius 1 is 1.38 bits per heavy atom. The SMILES string of the molecule is C/C(=C1/SC(=O)NC1=O)c1cccc(Br)c1. The monoisotopic (exact) mass is 297 g/mol. The lowest BCUT2D eigenvalue weighted by molar-refractivity contribution is -0.115. The summed E-state index contributed by atoms with van der Waals surface area (Å²) in [5.41, 5.74) is 1.75. The first kappa shape index (κ1) is 11.4. The van der Waals surface area contributed by atoms with Crippen LogP contribution < -0.4 is 5.32 Å². The van der Waals surface area contributed by atoms with Gasteiger partial charge in [0.05, 0.1) is 4.91 Å². The summed E-state index contributed by atoms with van der Waals surface area (Å²) in [7, 11) is 0. The van der Waals surface area contributed by atoms with Crippen LogP contribution in [0.5, 0.6) is 0 Å². The van der Waals surface area contributed by atoms with Crippen LogP contribution in [0.15, 0.2) is 33.6 Å². The summed E-state index contributed by atoms with van der Waals surface area (Å²) in [5, 5.41) is 1.94. The van der Waals surface area contributed by atoms with Gasteiger partial charge >= 0.3 is 0 Å². The van der Waals surface area contributed by atoms with Crippen LogP contribution in [0.2, 0.25) is 0 Å². The fourth-order valence-electron chi connectivity index (χ4n) is 1.41. The van der Waals surface area contributed by atoms with Gasteiger partial charge in [-0.3, -0.25) is 14.9 Å². The number of nitrogens with one attached hydrogen (secondary N) is 1. The zero-order valence-corrected chi connectivity index (χ0v) is 10.8. The molecule has 5 heteroatoms. The standard InChI is InChI=1S/C11H8BrNO2S/c1-6(7-3-2-4-8(12)5-7)9-10(14)13-11(15)16-9/h2-5H,1H3,(H,13,14,15)/b9-6-. The largest absolute Gasteiger partial charge is 0.290 e. The Morgan fingerprint density at radius 2 is 2.12 bits per heavy atom. The van der Waals surface area contributed by atoms with Crippen molar-refractivity contribution in [3.05, 3.63) is 39.2 Å². The third kappa shape index (κ3) is 2.20. The van der Waals surface area contributed by atoms with Gasteiger partial charge in [0.25, 0.3) is 11.1 Å². The van der Waals surface area contributed by atoms with Gasteiger partial charge in [0.2, 0.25) is 0 Å². The van der Waals surface area contributed by atoms with Crippen LogP contribution in [0.25, 0.3) is 5.57 Å². The third-order valence-electron chi connectivity index (χ3n) is 2.21. The molecule has 1 aromatic carbocycles. The van der Waals surface area contributed by atoms with Gasteiger partial charge in [-0.2, -0.15) is 0 Å². The second-order valence-electron chi connectivity index (χ2n) is 3.31. The molecule has 1 fully saturated rings. The molecular weight excluding hydrogens is 290 g/mol. The van der Waals surface area contributed by atoms with Crippen molar-refractivity contribution in [2.75, 3.05) is 0 Å². The Hall–Kier alpha value is -1.07. The number of hydrogen-bond donors (Lipinski definition) is 1. The highest BCUT2D eigenvalue weighted by Crippen LogP contribution is 2.32. The van der Waals surface area contributed by atoms with Crippen molar-refractivity contribution in [2.24, 2.45) is 0 Å². The Bertz CT molecular complexity index is 510. The molecule has 0 saturated carbocycles. The van der Waals surface area contributed by atoms with E-state index >= 15 is 0 Å². The van der Waals surface area contributed by atoms with Crippen molar-refractivity contribution < 1.29 is 9.59 Å². The molecule has 1 saturated heterocycles. The molecule has 1 aliphatic heterocycles. The molecule has 2 amide bonds. The second kappa shape index (κ2) is 4.43. The van der Waals surface area contributed by atoms with Crippen molar-refractivity contribution in [1.29, 1.82) is 0 Å². The molecule has 0 bridgehead atoms. The Balaban J connectivity index is 2.45. The lowest BCUT2D eigenvalue weighted by Crippen LogP contribution is -2.18. The maximum absolute atomic E-state index is 11.5. The highest BCUT2D eigenvalue weighted by Gasteiger charge is 2.27. The number of rotatable bonds is 1.